The molecule has 3 nitrogen and oxygen atoms in total. The fourth-order valence-corrected chi connectivity index (χ4v) is 2.90. The summed E-state index contributed by atoms with van der Waals surface area (Å²) in [7, 11) is 0. The summed E-state index contributed by atoms with van der Waals surface area (Å²) in [5.41, 5.74) is 1.30. The predicted molar refractivity (Wildman–Crippen MR) is 88.8 cm³/mol. The molecule has 2 aromatic carbocycles. The van der Waals surface area contributed by atoms with Crippen LogP contribution in [0.2, 0.25) is 10.0 Å². The van der Waals surface area contributed by atoms with Crippen molar-refractivity contribution >= 4 is 23.2 Å². The van der Waals surface area contributed by atoms with E-state index < -0.39 is 5.82 Å². The number of morpholine rings is 1. The first-order valence-electron chi connectivity index (χ1n) is 7.32. The second-order valence-electron chi connectivity index (χ2n) is 5.24. The number of halogens is 3. The van der Waals surface area contributed by atoms with Crippen molar-refractivity contribution in [1.29, 1.82) is 0 Å². The van der Waals surface area contributed by atoms with Gasteiger partial charge in [0.2, 0.25) is 0 Å². The number of nitrogens with one attached hydrogen (secondary N) is 1. The Morgan fingerprint density at radius 2 is 2.09 bits per heavy atom. The third-order valence-electron chi connectivity index (χ3n) is 3.69. The van der Waals surface area contributed by atoms with E-state index in [4.69, 9.17) is 32.7 Å². The van der Waals surface area contributed by atoms with Crippen molar-refractivity contribution in [3.05, 3.63) is 63.4 Å². The van der Waals surface area contributed by atoms with E-state index in [2.05, 4.69) is 5.32 Å². The maximum Gasteiger partial charge on any atom is 0.138 e. The molecule has 23 heavy (non-hydrogen) atoms. The fraction of sp³-hybridized carbons (Fsp3) is 0.294. The van der Waals surface area contributed by atoms with Crippen molar-refractivity contribution in [2.45, 2.75) is 12.7 Å². The van der Waals surface area contributed by atoms with Gasteiger partial charge in [-0.2, -0.15) is 0 Å². The van der Waals surface area contributed by atoms with E-state index in [0.717, 1.165) is 18.7 Å². The topological polar surface area (TPSA) is 30.5 Å². The third kappa shape index (κ3) is 3.96. The van der Waals surface area contributed by atoms with E-state index in [0.29, 0.717) is 28.0 Å². The molecule has 0 bridgehead atoms. The minimum Gasteiger partial charge on any atom is -0.487 e. The number of hydrogen-bond acceptors (Lipinski definition) is 3. The average molecular weight is 356 g/mol. The largest absolute Gasteiger partial charge is 0.487 e. The molecule has 2 aromatic rings. The molecular weight excluding hydrogens is 340 g/mol. The van der Waals surface area contributed by atoms with E-state index in [1.807, 2.05) is 12.1 Å². The van der Waals surface area contributed by atoms with Gasteiger partial charge in [0.25, 0.3) is 0 Å². The zero-order chi connectivity index (χ0) is 16.2. The summed E-state index contributed by atoms with van der Waals surface area (Å²) < 4.78 is 25.0. The summed E-state index contributed by atoms with van der Waals surface area (Å²) in [5.74, 6) is 0.0884. The van der Waals surface area contributed by atoms with Gasteiger partial charge in [0, 0.05) is 18.7 Å². The number of benzene rings is 2. The molecule has 3 rings (SSSR count). The minimum atomic E-state index is -0.396. The Bertz CT molecular complexity index is 670. The van der Waals surface area contributed by atoms with Crippen LogP contribution in [0.3, 0.4) is 0 Å². The smallest absolute Gasteiger partial charge is 0.138 e. The Balaban J connectivity index is 1.71. The van der Waals surface area contributed by atoms with Crippen LogP contribution < -0.4 is 10.1 Å². The highest BCUT2D eigenvalue weighted by molar-refractivity contribution is 6.32. The zero-order valence-electron chi connectivity index (χ0n) is 12.3. The molecule has 1 heterocycles. The summed E-state index contributed by atoms with van der Waals surface area (Å²) >= 11 is 12.3. The summed E-state index contributed by atoms with van der Waals surface area (Å²) in [6.07, 6.45) is -0.0173. The van der Waals surface area contributed by atoms with Crippen molar-refractivity contribution in [3.63, 3.8) is 0 Å². The van der Waals surface area contributed by atoms with E-state index in [-0.39, 0.29) is 12.7 Å². The molecule has 0 radical (unpaired) electrons. The summed E-state index contributed by atoms with van der Waals surface area (Å²) in [6.45, 7) is 2.30. The SMILES string of the molecule is Fc1cccc(Cl)c1COc1ccc(C2CNCCO2)cc1Cl. The highest BCUT2D eigenvalue weighted by atomic mass is 35.5. The highest BCUT2D eigenvalue weighted by Crippen LogP contribution is 2.31. The van der Waals surface area contributed by atoms with Crippen LogP contribution in [-0.4, -0.2) is 19.7 Å². The second-order valence-corrected chi connectivity index (χ2v) is 6.06. The summed E-state index contributed by atoms with van der Waals surface area (Å²) in [4.78, 5) is 0. The van der Waals surface area contributed by atoms with Crippen LogP contribution in [0.4, 0.5) is 4.39 Å². The van der Waals surface area contributed by atoms with Crippen molar-refractivity contribution in [2.24, 2.45) is 0 Å². The molecule has 0 aromatic heterocycles. The molecule has 1 aliphatic rings. The summed E-state index contributed by atoms with van der Waals surface area (Å²) in [6, 6.07) is 10.0. The molecule has 0 amide bonds. The average Bonchev–Trinajstić information content (AvgIpc) is 2.56. The van der Waals surface area contributed by atoms with Gasteiger partial charge in [-0.3, -0.25) is 0 Å². The maximum absolute atomic E-state index is 13.7. The quantitative estimate of drug-likeness (QED) is 0.882. The maximum atomic E-state index is 13.7. The number of hydrogen-bond donors (Lipinski definition) is 1. The molecule has 1 unspecified atom stereocenters. The van der Waals surface area contributed by atoms with Gasteiger partial charge < -0.3 is 14.8 Å². The molecular formula is C17H16Cl2FNO2. The van der Waals surface area contributed by atoms with E-state index in [1.165, 1.54) is 6.07 Å². The molecule has 0 aliphatic carbocycles. The Morgan fingerprint density at radius 3 is 2.78 bits per heavy atom. The van der Waals surface area contributed by atoms with E-state index in [1.54, 1.807) is 18.2 Å². The van der Waals surface area contributed by atoms with Gasteiger partial charge >= 0.3 is 0 Å². The van der Waals surface area contributed by atoms with Crippen LogP contribution in [-0.2, 0) is 11.3 Å². The molecule has 1 aliphatic heterocycles. The molecule has 122 valence electrons. The van der Waals surface area contributed by atoms with Crippen molar-refractivity contribution in [3.8, 4) is 5.75 Å². The highest BCUT2D eigenvalue weighted by Gasteiger charge is 2.17. The van der Waals surface area contributed by atoms with Gasteiger partial charge in [0.15, 0.2) is 0 Å². The van der Waals surface area contributed by atoms with Gasteiger partial charge in [-0.1, -0.05) is 35.3 Å². The standard InChI is InChI=1S/C17H16Cl2FNO2/c18-13-2-1-3-15(20)12(13)10-23-16-5-4-11(8-14(16)19)17-9-21-6-7-22-17/h1-5,8,17,21H,6-7,9-10H2. The monoisotopic (exact) mass is 355 g/mol. The van der Waals surface area contributed by atoms with Gasteiger partial charge in [-0.15, -0.1) is 0 Å². The lowest BCUT2D eigenvalue weighted by Gasteiger charge is -2.24. The minimum absolute atomic E-state index is 0.0173. The number of ether oxygens (including phenoxy) is 2. The molecule has 1 fully saturated rings. The first kappa shape index (κ1) is 16.5. The van der Waals surface area contributed by atoms with Gasteiger partial charge in [0.1, 0.15) is 18.2 Å². The zero-order valence-corrected chi connectivity index (χ0v) is 13.8. The molecule has 1 saturated heterocycles. The van der Waals surface area contributed by atoms with Crippen LogP contribution in [0.25, 0.3) is 0 Å². The second kappa shape index (κ2) is 7.49. The van der Waals surface area contributed by atoms with Gasteiger partial charge in [-0.05, 0) is 29.8 Å². The van der Waals surface area contributed by atoms with Crippen LogP contribution in [0, 0.1) is 5.82 Å². The lowest BCUT2D eigenvalue weighted by molar-refractivity contribution is 0.0277. The third-order valence-corrected chi connectivity index (χ3v) is 4.34. The Hall–Kier alpha value is -1.33. The van der Waals surface area contributed by atoms with Crippen molar-refractivity contribution in [1.82, 2.24) is 5.32 Å². The summed E-state index contributed by atoms with van der Waals surface area (Å²) in [5, 5.41) is 4.07. The Morgan fingerprint density at radius 1 is 1.22 bits per heavy atom. The van der Waals surface area contributed by atoms with Crippen LogP contribution in [0.1, 0.15) is 17.2 Å². The van der Waals surface area contributed by atoms with E-state index in [9.17, 15) is 4.39 Å². The molecule has 1 atom stereocenters. The molecule has 0 saturated carbocycles. The molecule has 0 spiro atoms. The van der Waals surface area contributed by atoms with Crippen molar-refractivity contribution in [2.75, 3.05) is 19.7 Å². The Labute approximate surface area is 144 Å². The van der Waals surface area contributed by atoms with Crippen molar-refractivity contribution < 1.29 is 13.9 Å². The molecule has 1 N–H and O–H groups in total. The lowest BCUT2D eigenvalue weighted by atomic mass is 10.1. The lowest BCUT2D eigenvalue weighted by Crippen LogP contribution is -2.33. The van der Waals surface area contributed by atoms with Crippen LogP contribution in [0.5, 0.6) is 5.75 Å². The van der Waals surface area contributed by atoms with E-state index >= 15 is 0 Å². The van der Waals surface area contributed by atoms with Crippen LogP contribution >= 0.6 is 23.2 Å². The molecule has 6 heteroatoms. The first-order valence-corrected chi connectivity index (χ1v) is 8.08. The first-order chi connectivity index (χ1) is 11.1. The Kier molecular flexibility index (Phi) is 5.38. The fourth-order valence-electron chi connectivity index (χ4n) is 2.43. The predicted octanol–water partition coefficient (Wildman–Crippen LogP) is 4.37. The van der Waals surface area contributed by atoms with Crippen LogP contribution in [0.15, 0.2) is 36.4 Å². The van der Waals surface area contributed by atoms with Gasteiger partial charge in [0.05, 0.1) is 22.8 Å². The normalized spacial score (nSPS) is 18.0. The number of rotatable bonds is 4. The van der Waals surface area contributed by atoms with Gasteiger partial charge in [-0.25, -0.2) is 4.39 Å².